The Morgan fingerprint density at radius 2 is 1.80 bits per heavy atom. The Morgan fingerprint density at radius 1 is 1.40 bits per heavy atom. The lowest BCUT2D eigenvalue weighted by atomic mass is 10.6. The third-order valence-corrected chi connectivity index (χ3v) is 2.84. The summed E-state index contributed by atoms with van der Waals surface area (Å²) in [6.45, 7) is 0. The van der Waals surface area contributed by atoms with E-state index in [4.69, 9.17) is 10.2 Å². The van der Waals surface area contributed by atoms with Crippen molar-refractivity contribution in [2.24, 2.45) is 5.14 Å². The average molecular weight is 182 g/mol. The van der Waals surface area contributed by atoms with Crippen LogP contribution in [0, 0.1) is 0 Å². The molecule has 0 saturated carbocycles. The average Bonchev–Trinajstić information content (AvgIpc) is 2.16. The summed E-state index contributed by atoms with van der Waals surface area (Å²) in [7, 11) is -2.06. The third kappa shape index (κ3) is 1.53. The summed E-state index contributed by atoms with van der Waals surface area (Å²) >= 11 is 0. The van der Waals surface area contributed by atoms with Crippen molar-refractivity contribution < 1.29 is 9.90 Å². The number of allylic oxidation sites excluding steroid dienone is 2. The molecule has 0 aromatic carbocycles. The van der Waals surface area contributed by atoms with E-state index in [1.165, 1.54) is 10.8 Å². The molecule has 58 valence electrons. The van der Waals surface area contributed by atoms with Gasteiger partial charge in [-0.25, -0.2) is 4.79 Å². The second kappa shape index (κ2) is 3.09. The molecule has 0 unspecified atom stereocenters. The van der Waals surface area contributed by atoms with Crippen LogP contribution in [-0.4, -0.2) is 10.4 Å². The van der Waals surface area contributed by atoms with E-state index < -0.39 is 15.5 Å². The molecule has 0 aromatic rings. The first-order valence-electron chi connectivity index (χ1n) is 2.34. The summed E-state index contributed by atoms with van der Waals surface area (Å²) in [6, 6.07) is 0. The summed E-state index contributed by atoms with van der Waals surface area (Å²) in [6.07, 6.45) is 3.31. The predicted molar refractivity (Wildman–Crippen MR) is 45.3 cm³/mol. The maximum atomic E-state index is 10.3. The molecule has 0 radical (unpaired) electrons. The van der Waals surface area contributed by atoms with Crippen LogP contribution >= 0.6 is 22.6 Å². The standard InChI is InChI=1S/C5H7NO2S.ClH/c6-9(5(7)8)3-1-2-4-9;/h1-4H,6H2,(H,7,8);1H. The van der Waals surface area contributed by atoms with E-state index >= 15 is 0 Å². The summed E-state index contributed by atoms with van der Waals surface area (Å²) in [5, 5.41) is 16.0. The third-order valence-electron chi connectivity index (χ3n) is 1.02. The number of nitrogens with two attached hydrogens (primary N) is 1. The van der Waals surface area contributed by atoms with Gasteiger partial charge in [0.25, 0.3) is 0 Å². The Hall–Kier alpha value is -0.450. The van der Waals surface area contributed by atoms with E-state index in [0.717, 1.165) is 0 Å². The number of hydrogen-bond donors (Lipinski definition) is 2. The van der Waals surface area contributed by atoms with Gasteiger partial charge in [0.15, 0.2) is 0 Å². The molecule has 1 heterocycles. The van der Waals surface area contributed by atoms with Gasteiger partial charge >= 0.3 is 5.30 Å². The lowest BCUT2D eigenvalue weighted by Gasteiger charge is -2.17. The molecular formula is C5H8ClNO2S. The zero-order valence-corrected chi connectivity index (χ0v) is 6.69. The van der Waals surface area contributed by atoms with Crippen molar-refractivity contribution in [2.75, 3.05) is 0 Å². The second-order valence-corrected chi connectivity index (χ2v) is 4.10. The Labute approximate surface area is 66.5 Å². The van der Waals surface area contributed by atoms with Crippen LogP contribution in [0.15, 0.2) is 23.0 Å². The molecule has 0 atom stereocenters. The zero-order valence-electron chi connectivity index (χ0n) is 5.06. The second-order valence-electron chi connectivity index (χ2n) is 1.68. The van der Waals surface area contributed by atoms with E-state index in [2.05, 4.69) is 0 Å². The largest absolute Gasteiger partial charge is 0.473 e. The number of carbonyl (C=O) groups is 1. The highest BCUT2D eigenvalue weighted by molar-refractivity contribution is 8.47. The smallest absolute Gasteiger partial charge is 0.366 e. The van der Waals surface area contributed by atoms with E-state index in [0.29, 0.717) is 0 Å². The van der Waals surface area contributed by atoms with Crippen molar-refractivity contribution in [1.29, 1.82) is 0 Å². The molecule has 0 spiro atoms. The fraction of sp³-hybridized carbons (Fsp3) is 0. The molecule has 1 aliphatic rings. The van der Waals surface area contributed by atoms with Crippen LogP contribution in [0.1, 0.15) is 0 Å². The minimum atomic E-state index is -2.06. The van der Waals surface area contributed by atoms with E-state index in [9.17, 15) is 4.79 Å². The summed E-state index contributed by atoms with van der Waals surface area (Å²) in [4.78, 5) is 10.3. The van der Waals surface area contributed by atoms with Gasteiger partial charge in [-0.15, -0.1) is 12.4 Å². The van der Waals surface area contributed by atoms with E-state index in [-0.39, 0.29) is 12.4 Å². The lowest BCUT2D eigenvalue weighted by Crippen LogP contribution is -2.12. The van der Waals surface area contributed by atoms with Gasteiger partial charge in [-0.1, -0.05) is 22.4 Å². The Kier molecular flexibility index (Phi) is 2.96. The van der Waals surface area contributed by atoms with Gasteiger partial charge in [-0.05, 0) is 10.8 Å². The Bertz CT molecular complexity index is 190. The predicted octanol–water partition coefficient (Wildman–Crippen LogP) is 1.81. The first-order valence-corrected chi connectivity index (χ1v) is 4.16. The topological polar surface area (TPSA) is 63.3 Å². The molecule has 0 bridgehead atoms. The fourth-order valence-corrected chi connectivity index (χ4v) is 1.54. The van der Waals surface area contributed by atoms with Gasteiger partial charge in [0.1, 0.15) is 0 Å². The molecule has 0 aliphatic carbocycles. The SMILES string of the molecule is Cl.NS1(C(=O)O)C=CC=C1. The quantitative estimate of drug-likeness (QED) is 0.599. The monoisotopic (exact) mass is 181 g/mol. The minimum absolute atomic E-state index is 0. The molecule has 10 heavy (non-hydrogen) atoms. The van der Waals surface area contributed by atoms with Crippen LogP contribution < -0.4 is 5.14 Å². The van der Waals surface area contributed by atoms with Crippen LogP contribution in [-0.2, 0) is 0 Å². The van der Waals surface area contributed by atoms with E-state index in [1.807, 2.05) is 0 Å². The highest BCUT2D eigenvalue weighted by atomic mass is 35.5. The summed E-state index contributed by atoms with van der Waals surface area (Å²) < 4.78 is 0. The molecule has 0 fully saturated rings. The van der Waals surface area contributed by atoms with Crippen LogP contribution in [0.5, 0.6) is 0 Å². The van der Waals surface area contributed by atoms with Crippen LogP contribution in [0.25, 0.3) is 0 Å². The van der Waals surface area contributed by atoms with Crippen molar-refractivity contribution in [3.05, 3.63) is 23.0 Å². The molecule has 3 nitrogen and oxygen atoms in total. The normalized spacial score (nSPS) is 21.7. The molecule has 5 heteroatoms. The number of halogens is 1. The van der Waals surface area contributed by atoms with Crippen LogP contribution in [0.2, 0.25) is 0 Å². The highest BCUT2D eigenvalue weighted by Gasteiger charge is 2.22. The van der Waals surface area contributed by atoms with Crippen molar-refractivity contribution in [2.45, 2.75) is 0 Å². The Balaban J connectivity index is 0.000000810. The minimum Gasteiger partial charge on any atom is -0.473 e. The number of carboxylic acid groups (broad SMARTS) is 1. The van der Waals surface area contributed by atoms with Gasteiger partial charge in [-0.3, -0.25) is 5.14 Å². The summed E-state index contributed by atoms with van der Waals surface area (Å²) in [5.41, 5.74) is 0. The highest BCUT2D eigenvalue weighted by Crippen LogP contribution is 2.46. The molecule has 0 amide bonds. The number of rotatable bonds is 0. The van der Waals surface area contributed by atoms with Crippen LogP contribution in [0.3, 0.4) is 0 Å². The summed E-state index contributed by atoms with van der Waals surface area (Å²) in [5.74, 6) is 0. The van der Waals surface area contributed by atoms with Gasteiger partial charge in [-0.2, -0.15) is 0 Å². The van der Waals surface area contributed by atoms with E-state index in [1.54, 1.807) is 12.2 Å². The fourth-order valence-electron chi connectivity index (χ4n) is 0.513. The van der Waals surface area contributed by atoms with Crippen molar-refractivity contribution >= 4 is 27.9 Å². The maximum absolute atomic E-state index is 10.3. The first kappa shape index (κ1) is 9.55. The number of hydrogen-bond acceptors (Lipinski definition) is 2. The van der Waals surface area contributed by atoms with Gasteiger partial charge in [0.2, 0.25) is 0 Å². The first-order chi connectivity index (χ1) is 4.15. The molecule has 0 aromatic heterocycles. The zero-order chi connectivity index (χ0) is 6.91. The lowest BCUT2D eigenvalue weighted by molar-refractivity contribution is 0.221. The van der Waals surface area contributed by atoms with Crippen molar-refractivity contribution in [3.8, 4) is 0 Å². The van der Waals surface area contributed by atoms with Gasteiger partial charge < -0.3 is 5.11 Å². The molecule has 1 aliphatic heterocycles. The van der Waals surface area contributed by atoms with Crippen molar-refractivity contribution in [1.82, 2.24) is 0 Å². The molecule has 3 N–H and O–H groups in total. The molecular weight excluding hydrogens is 174 g/mol. The van der Waals surface area contributed by atoms with Crippen molar-refractivity contribution in [3.63, 3.8) is 0 Å². The van der Waals surface area contributed by atoms with Gasteiger partial charge in [0.05, 0.1) is 0 Å². The maximum Gasteiger partial charge on any atom is 0.366 e. The molecule has 0 saturated heterocycles. The van der Waals surface area contributed by atoms with Crippen LogP contribution in [0.4, 0.5) is 4.79 Å². The van der Waals surface area contributed by atoms with Gasteiger partial charge in [0, 0.05) is 0 Å². The Morgan fingerprint density at radius 3 is 2.00 bits per heavy atom. The molecule has 1 rings (SSSR count).